The van der Waals surface area contributed by atoms with Gasteiger partial charge in [-0.2, -0.15) is 0 Å². The lowest BCUT2D eigenvalue weighted by Crippen LogP contribution is -2.09. The molecule has 0 fully saturated rings. The molecule has 3 rings (SSSR count). The van der Waals surface area contributed by atoms with Crippen molar-refractivity contribution in [2.75, 3.05) is 0 Å². The summed E-state index contributed by atoms with van der Waals surface area (Å²) in [6.45, 7) is 0. The summed E-state index contributed by atoms with van der Waals surface area (Å²) in [5.41, 5.74) is 2.29. The molecule has 3 nitrogen and oxygen atoms in total. The van der Waals surface area contributed by atoms with Gasteiger partial charge in [0.2, 0.25) is 0 Å². The van der Waals surface area contributed by atoms with Crippen molar-refractivity contribution in [1.82, 2.24) is 4.57 Å². The van der Waals surface area contributed by atoms with Crippen LogP contribution in [-0.4, -0.2) is 10.5 Å². The largest absolute Gasteiger partial charge is 0.443 e. The summed E-state index contributed by atoms with van der Waals surface area (Å²) >= 11 is 0. The zero-order chi connectivity index (χ0) is 13.9. The van der Waals surface area contributed by atoms with Crippen molar-refractivity contribution < 1.29 is 4.74 Å². The van der Waals surface area contributed by atoms with Crippen LogP contribution in [0.3, 0.4) is 0 Å². The van der Waals surface area contributed by atoms with E-state index in [-0.39, 0.29) is 18.3 Å². The van der Waals surface area contributed by atoms with Gasteiger partial charge in [0.05, 0.1) is 6.42 Å². The molecule has 0 aliphatic heterocycles. The fourth-order valence-electron chi connectivity index (χ4n) is 2.41. The summed E-state index contributed by atoms with van der Waals surface area (Å²) in [5.74, 6) is 0.963. The first-order chi connectivity index (χ1) is 9.74. The van der Waals surface area contributed by atoms with Gasteiger partial charge in [0.1, 0.15) is 5.75 Å². The smallest absolute Gasteiger partial charge is 0.191 e. The van der Waals surface area contributed by atoms with Crippen LogP contribution < -0.4 is 4.74 Å². The molecule has 3 aromatic rings. The van der Waals surface area contributed by atoms with E-state index in [1.165, 1.54) is 10.9 Å². The lowest BCUT2D eigenvalue weighted by atomic mass is 10.1. The Bertz CT molecular complexity index is 750. The first kappa shape index (κ1) is 15.1. The number of nitrogens with one attached hydrogen (secondary N) is 1. The molecule has 1 aromatic heterocycles. The van der Waals surface area contributed by atoms with Crippen LogP contribution >= 0.6 is 12.4 Å². The van der Waals surface area contributed by atoms with E-state index in [0.717, 1.165) is 5.56 Å². The normalized spacial score (nSPS) is 10.1. The molecule has 4 heteroatoms. The number of benzene rings is 2. The van der Waals surface area contributed by atoms with Crippen LogP contribution in [-0.2, 0) is 13.5 Å². The summed E-state index contributed by atoms with van der Waals surface area (Å²) in [7, 11) is 2.02. The van der Waals surface area contributed by atoms with Gasteiger partial charge in [-0.25, -0.2) is 0 Å². The van der Waals surface area contributed by atoms with Crippen LogP contribution in [0.2, 0.25) is 0 Å². The molecule has 2 aromatic carbocycles. The van der Waals surface area contributed by atoms with Crippen molar-refractivity contribution in [1.29, 1.82) is 5.41 Å². The fraction of sp³-hybridized carbons (Fsp3) is 0.118. The van der Waals surface area contributed by atoms with E-state index in [0.29, 0.717) is 12.2 Å². The van der Waals surface area contributed by atoms with Crippen LogP contribution in [0, 0.1) is 5.41 Å². The standard InChI is InChI=1S/C17H16N2O.ClH/c1-19-12-13(15-9-5-6-10-16(15)19)11-17(18)20-14-7-3-2-4-8-14;/h2-10,12,18H,11H2,1H3;1H. The van der Waals surface area contributed by atoms with Crippen molar-refractivity contribution >= 4 is 29.2 Å². The molecule has 0 spiro atoms. The topological polar surface area (TPSA) is 38.0 Å². The maximum Gasteiger partial charge on any atom is 0.191 e. The number of rotatable bonds is 3. The Morgan fingerprint density at radius 3 is 2.48 bits per heavy atom. The van der Waals surface area contributed by atoms with Crippen molar-refractivity contribution in [2.24, 2.45) is 7.05 Å². The third-order valence-corrected chi connectivity index (χ3v) is 3.31. The maximum absolute atomic E-state index is 8.02. The van der Waals surface area contributed by atoms with E-state index in [1.54, 1.807) is 0 Å². The predicted molar refractivity (Wildman–Crippen MR) is 88.7 cm³/mol. The van der Waals surface area contributed by atoms with Gasteiger partial charge in [0.15, 0.2) is 5.90 Å². The van der Waals surface area contributed by atoms with Crippen LogP contribution in [0.25, 0.3) is 10.9 Å². The minimum Gasteiger partial charge on any atom is -0.443 e. The molecule has 0 amide bonds. The van der Waals surface area contributed by atoms with Crippen LogP contribution in [0.5, 0.6) is 5.75 Å². The number of aryl methyl sites for hydroxylation is 1. The second kappa shape index (κ2) is 6.46. The zero-order valence-electron chi connectivity index (χ0n) is 11.7. The molecular formula is C17H17ClN2O. The summed E-state index contributed by atoms with van der Waals surface area (Å²) in [5, 5.41) is 9.19. The molecular weight excluding hydrogens is 284 g/mol. The number of hydrogen-bond donors (Lipinski definition) is 1. The van der Waals surface area contributed by atoms with Gasteiger partial charge < -0.3 is 9.30 Å². The van der Waals surface area contributed by atoms with E-state index < -0.39 is 0 Å². The molecule has 0 radical (unpaired) electrons. The average Bonchev–Trinajstić information content (AvgIpc) is 2.77. The minimum absolute atomic E-state index is 0. The van der Waals surface area contributed by atoms with Crippen molar-refractivity contribution in [3.05, 3.63) is 66.4 Å². The Morgan fingerprint density at radius 2 is 1.71 bits per heavy atom. The van der Waals surface area contributed by atoms with Gasteiger partial charge in [-0.05, 0) is 23.8 Å². The van der Waals surface area contributed by atoms with Crippen LogP contribution in [0.4, 0.5) is 0 Å². The number of halogens is 1. The number of para-hydroxylation sites is 2. The summed E-state index contributed by atoms with van der Waals surface area (Å²) in [6, 6.07) is 17.7. The summed E-state index contributed by atoms with van der Waals surface area (Å²) in [6.07, 6.45) is 2.56. The second-order valence-electron chi connectivity index (χ2n) is 4.80. The minimum atomic E-state index is 0. The Morgan fingerprint density at radius 1 is 1.05 bits per heavy atom. The lowest BCUT2D eigenvalue weighted by molar-refractivity contribution is 0.533. The van der Waals surface area contributed by atoms with Crippen molar-refractivity contribution in [3.63, 3.8) is 0 Å². The van der Waals surface area contributed by atoms with E-state index >= 15 is 0 Å². The third kappa shape index (κ3) is 3.26. The quantitative estimate of drug-likeness (QED) is 0.571. The number of ether oxygens (including phenoxy) is 1. The van der Waals surface area contributed by atoms with E-state index in [1.807, 2.05) is 49.5 Å². The average molecular weight is 301 g/mol. The third-order valence-electron chi connectivity index (χ3n) is 3.31. The number of aromatic nitrogens is 1. The molecule has 0 saturated carbocycles. The first-order valence-electron chi connectivity index (χ1n) is 6.57. The highest BCUT2D eigenvalue weighted by atomic mass is 35.5. The van der Waals surface area contributed by atoms with E-state index in [9.17, 15) is 0 Å². The number of fused-ring (bicyclic) bond motifs is 1. The molecule has 0 saturated heterocycles. The highest BCUT2D eigenvalue weighted by Gasteiger charge is 2.09. The SMILES string of the molecule is Cl.Cn1cc(CC(=N)Oc2ccccc2)c2ccccc21. The van der Waals surface area contributed by atoms with Gasteiger partial charge in [-0.15, -0.1) is 12.4 Å². The second-order valence-corrected chi connectivity index (χ2v) is 4.80. The van der Waals surface area contributed by atoms with Crippen LogP contribution in [0.1, 0.15) is 5.56 Å². The van der Waals surface area contributed by atoms with E-state index in [2.05, 4.69) is 22.9 Å². The van der Waals surface area contributed by atoms with Crippen LogP contribution in [0.15, 0.2) is 60.8 Å². The van der Waals surface area contributed by atoms with E-state index in [4.69, 9.17) is 10.1 Å². The lowest BCUT2D eigenvalue weighted by Gasteiger charge is -2.06. The zero-order valence-corrected chi connectivity index (χ0v) is 12.6. The van der Waals surface area contributed by atoms with Crippen molar-refractivity contribution in [3.8, 4) is 5.75 Å². The molecule has 0 bridgehead atoms. The Balaban J connectivity index is 0.00000161. The van der Waals surface area contributed by atoms with Gasteiger partial charge in [-0.1, -0.05) is 36.4 Å². The molecule has 1 heterocycles. The molecule has 0 atom stereocenters. The Kier molecular flexibility index (Phi) is 4.66. The molecule has 0 aliphatic carbocycles. The summed E-state index contributed by atoms with van der Waals surface area (Å²) < 4.78 is 7.63. The van der Waals surface area contributed by atoms with Gasteiger partial charge in [-0.3, -0.25) is 5.41 Å². The predicted octanol–water partition coefficient (Wildman–Crippen LogP) is 4.20. The Labute approximate surface area is 130 Å². The highest BCUT2D eigenvalue weighted by Crippen LogP contribution is 2.21. The molecule has 0 unspecified atom stereocenters. The maximum atomic E-state index is 8.02. The number of hydrogen-bond acceptors (Lipinski definition) is 2. The highest BCUT2D eigenvalue weighted by molar-refractivity contribution is 5.89. The first-order valence-corrected chi connectivity index (χ1v) is 6.57. The monoisotopic (exact) mass is 300 g/mol. The molecule has 0 aliphatic rings. The van der Waals surface area contributed by atoms with Gasteiger partial charge in [0, 0.05) is 24.1 Å². The molecule has 108 valence electrons. The molecule has 21 heavy (non-hydrogen) atoms. The van der Waals surface area contributed by atoms with Crippen molar-refractivity contribution in [2.45, 2.75) is 6.42 Å². The van der Waals surface area contributed by atoms with Gasteiger partial charge in [0.25, 0.3) is 0 Å². The fourth-order valence-corrected chi connectivity index (χ4v) is 2.41. The molecule has 1 N–H and O–H groups in total. The number of nitrogens with zero attached hydrogens (tertiary/aromatic N) is 1. The summed E-state index contributed by atoms with van der Waals surface area (Å²) in [4.78, 5) is 0. The van der Waals surface area contributed by atoms with Gasteiger partial charge >= 0.3 is 0 Å². The Hall–Kier alpha value is -2.26.